The molecule has 0 aliphatic carbocycles. The van der Waals surface area contributed by atoms with Crippen molar-refractivity contribution in [2.45, 2.75) is 37.8 Å². The van der Waals surface area contributed by atoms with Gasteiger partial charge in [0.15, 0.2) is 23.2 Å². The van der Waals surface area contributed by atoms with E-state index in [1.54, 1.807) is 12.1 Å². The van der Waals surface area contributed by atoms with Gasteiger partial charge in [-0.25, -0.2) is 13.2 Å². The summed E-state index contributed by atoms with van der Waals surface area (Å²) in [5.74, 6) is -12.7. The van der Waals surface area contributed by atoms with E-state index in [1.807, 2.05) is 18.2 Å². The number of aryl methyl sites for hydroxylation is 1. The highest BCUT2D eigenvalue weighted by molar-refractivity contribution is 6.01. The molecule has 0 bridgehead atoms. The molecule has 1 fully saturated rings. The molecule has 4 N–H and O–H groups in total. The minimum Gasteiger partial charge on any atom is -0.479 e. The summed E-state index contributed by atoms with van der Waals surface area (Å²) < 4.78 is 74.2. The molecule has 1 aromatic heterocycles. The number of aromatic nitrogens is 1. The summed E-state index contributed by atoms with van der Waals surface area (Å²) in [6, 6.07) is 11.7. The zero-order chi connectivity index (χ0) is 33.7. The van der Waals surface area contributed by atoms with Crippen molar-refractivity contribution in [1.82, 2.24) is 20.9 Å². The summed E-state index contributed by atoms with van der Waals surface area (Å²) in [5, 5.41) is 8.19. The zero-order valence-electron chi connectivity index (χ0n) is 24.7. The van der Waals surface area contributed by atoms with Gasteiger partial charge >= 0.3 is 0 Å². The van der Waals surface area contributed by atoms with Gasteiger partial charge in [0.05, 0.1) is 6.04 Å². The Morgan fingerprint density at radius 1 is 0.894 bits per heavy atom. The first-order valence-electron chi connectivity index (χ1n) is 14.7. The fourth-order valence-corrected chi connectivity index (χ4v) is 5.31. The minimum absolute atomic E-state index is 0.0148. The number of hydrogen-bond donors (Lipinski definition) is 4. The van der Waals surface area contributed by atoms with E-state index in [4.69, 9.17) is 4.74 Å². The lowest BCUT2D eigenvalue weighted by molar-refractivity contribution is -0.131. The predicted octanol–water partition coefficient (Wildman–Crippen LogP) is 4.25. The average molecular weight is 657 g/mol. The first kappa shape index (κ1) is 33.1. The fraction of sp³-hybridized carbons (Fsp3) is 0.273. The van der Waals surface area contributed by atoms with Gasteiger partial charge in [-0.2, -0.15) is 8.78 Å². The van der Waals surface area contributed by atoms with Crippen molar-refractivity contribution in [3.8, 4) is 5.75 Å². The van der Waals surface area contributed by atoms with Crippen LogP contribution in [0.25, 0.3) is 10.9 Å². The van der Waals surface area contributed by atoms with Crippen LogP contribution in [0.15, 0.2) is 60.7 Å². The summed E-state index contributed by atoms with van der Waals surface area (Å²) >= 11 is 0. The van der Waals surface area contributed by atoms with Crippen LogP contribution in [-0.4, -0.2) is 53.7 Å². The molecule has 1 aliphatic heterocycles. The highest BCUT2D eigenvalue weighted by Crippen LogP contribution is 2.27. The Kier molecular flexibility index (Phi) is 10.2. The number of ketones is 1. The van der Waals surface area contributed by atoms with E-state index in [-0.39, 0.29) is 30.5 Å². The summed E-state index contributed by atoms with van der Waals surface area (Å²) in [6.45, 7) is -0.791. The number of benzene rings is 3. The van der Waals surface area contributed by atoms with Crippen LogP contribution in [0, 0.1) is 35.0 Å². The Morgan fingerprint density at radius 2 is 1.62 bits per heavy atom. The third-order valence-corrected chi connectivity index (χ3v) is 7.83. The molecule has 47 heavy (non-hydrogen) atoms. The fourth-order valence-electron chi connectivity index (χ4n) is 5.31. The average Bonchev–Trinajstić information content (AvgIpc) is 3.67. The van der Waals surface area contributed by atoms with Crippen molar-refractivity contribution < 1.29 is 45.9 Å². The molecule has 246 valence electrons. The normalized spacial score (nSPS) is 15.6. The lowest BCUT2D eigenvalue weighted by atomic mass is 9.95. The number of hydrogen-bond acceptors (Lipinski definition) is 5. The molecule has 2 heterocycles. The van der Waals surface area contributed by atoms with Crippen molar-refractivity contribution >= 4 is 34.4 Å². The van der Waals surface area contributed by atoms with Crippen molar-refractivity contribution in [3.63, 3.8) is 0 Å². The van der Waals surface area contributed by atoms with Crippen molar-refractivity contribution in [1.29, 1.82) is 0 Å². The van der Waals surface area contributed by atoms with Gasteiger partial charge < -0.3 is 25.7 Å². The largest absolute Gasteiger partial charge is 0.479 e. The van der Waals surface area contributed by atoms with Gasteiger partial charge in [0.1, 0.15) is 24.2 Å². The van der Waals surface area contributed by atoms with Gasteiger partial charge in [-0.3, -0.25) is 19.2 Å². The monoisotopic (exact) mass is 656 g/mol. The van der Waals surface area contributed by atoms with Crippen LogP contribution in [-0.2, 0) is 20.8 Å². The number of fused-ring (bicyclic) bond motifs is 1. The number of carbonyl (C=O) groups is 4. The van der Waals surface area contributed by atoms with Crippen LogP contribution in [0.2, 0.25) is 0 Å². The first-order chi connectivity index (χ1) is 22.5. The molecule has 2 unspecified atom stereocenters. The highest BCUT2D eigenvalue weighted by atomic mass is 19.2. The van der Waals surface area contributed by atoms with Crippen LogP contribution in [0.5, 0.6) is 5.75 Å². The molecular weight excluding hydrogens is 627 g/mol. The molecule has 1 saturated heterocycles. The number of halogens is 5. The van der Waals surface area contributed by atoms with Gasteiger partial charge in [0, 0.05) is 29.4 Å². The van der Waals surface area contributed by atoms with Crippen LogP contribution in [0.4, 0.5) is 22.0 Å². The van der Waals surface area contributed by atoms with Gasteiger partial charge in [0.25, 0.3) is 5.91 Å². The van der Waals surface area contributed by atoms with E-state index in [1.165, 1.54) is 24.3 Å². The van der Waals surface area contributed by atoms with Crippen LogP contribution in [0.1, 0.15) is 35.3 Å². The van der Waals surface area contributed by atoms with Crippen molar-refractivity contribution in [2.24, 2.45) is 5.92 Å². The number of ether oxygens (including phenoxy) is 1. The molecular formula is C33H29F5N4O5. The number of H-pyrrole nitrogens is 1. The SMILES string of the molecule is O=C(NC(CCc1ccccc1)C(=O)NC(C[C@@H]1CCNC1=O)C(=O)COc1c(F)c(F)cc(F)c1F)c1cc2cc(F)ccc2[nH]1. The lowest BCUT2D eigenvalue weighted by Crippen LogP contribution is -2.53. The smallest absolute Gasteiger partial charge is 0.268 e. The molecule has 0 radical (unpaired) electrons. The number of carbonyl (C=O) groups excluding carboxylic acids is 4. The minimum atomic E-state index is -1.85. The molecule has 4 aromatic rings. The van der Waals surface area contributed by atoms with Crippen LogP contribution >= 0.6 is 0 Å². The van der Waals surface area contributed by atoms with E-state index in [0.717, 1.165) is 5.56 Å². The number of aromatic amines is 1. The van der Waals surface area contributed by atoms with E-state index in [9.17, 15) is 41.1 Å². The quantitative estimate of drug-likeness (QED) is 0.126. The van der Waals surface area contributed by atoms with Crippen LogP contribution in [0.3, 0.4) is 0 Å². The number of rotatable bonds is 13. The van der Waals surface area contributed by atoms with Crippen molar-refractivity contribution in [2.75, 3.05) is 13.2 Å². The number of amides is 3. The highest BCUT2D eigenvalue weighted by Gasteiger charge is 2.34. The lowest BCUT2D eigenvalue weighted by Gasteiger charge is -2.24. The zero-order valence-corrected chi connectivity index (χ0v) is 24.7. The second-order valence-electron chi connectivity index (χ2n) is 11.1. The second-order valence-corrected chi connectivity index (χ2v) is 11.1. The maximum atomic E-state index is 14.2. The van der Waals surface area contributed by atoms with Gasteiger partial charge in [-0.1, -0.05) is 30.3 Å². The summed E-state index contributed by atoms with van der Waals surface area (Å²) in [6.07, 6.45) is 0.492. The number of nitrogens with one attached hydrogen (secondary N) is 4. The van der Waals surface area contributed by atoms with Gasteiger partial charge in [0.2, 0.25) is 23.4 Å². The Hall–Kier alpha value is -5.27. The summed E-state index contributed by atoms with van der Waals surface area (Å²) in [5.41, 5.74) is 1.36. The molecule has 0 saturated carbocycles. The van der Waals surface area contributed by atoms with E-state index in [0.29, 0.717) is 30.3 Å². The molecule has 3 aromatic carbocycles. The molecule has 0 spiro atoms. The first-order valence-corrected chi connectivity index (χ1v) is 14.7. The predicted molar refractivity (Wildman–Crippen MR) is 159 cm³/mol. The topological polar surface area (TPSA) is 129 Å². The third kappa shape index (κ3) is 7.94. The molecule has 3 atom stereocenters. The molecule has 1 aliphatic rings. The Balaban J connectivity index is 1.36. The molecule has 5 rings (SSSR count). The van der Waals surface area contributed by atoms with Gasteiger partial charge in [-0.15, -0.1) is 0 Å². The van der Waals surface area contributed by atoms with Gasteiger partial charge in [-0.05, 0) is 55.5 Å². The summed E-state index contributed by atoms with van der Waals surface area (Å²) in [7, 11) is 0. The Labute approximate surface area is 264 Å². The second kappa shape index (κ2) is 14.4. The van der Waals surface area contributed by atoms with E-state index in [2.05, 4.69) is 20.9 Å². The van der Waals surface area contributed by atoms with E-state index >= 15 is 0 Å². The van der Waals surface area contributed by atoms with Crippen LogP contribution < -0.4 is 20.7 Å². The molecule has 14 heteroatoms. The number of Topliss-reactive ketones (excluding diaryl/α,β-unsaturated/α-hetero) is 1. The third-order valence-electron chi connectivity index (χ3n) is 7.83. The Bertz CT molecular complexity index is 1790. The molecule has 3 amide bonds. The molecule has 9 nitrogen and oxygen atoms in total. The summed E-state index contributed by atoms with van der Waals surface area (Å²) in [4.78, 5) is 55.4. The maximum absolute atomic E-state index is 14.2. The standard InChI is InChI=1S/C33H29F5N4O5/c34-20-7-9-23-19(12-20)14-26(40-23)33(46)41-24(8-6-17-4-2-1-3-5-17)32(45)42-25(13-18-10-11-39-31(18)44)27(43)16-47-30-28(37)21(35)15-22(36)29(30)38/h1-5,7,9,12,14-15,18,24-25,40H,6,8,10-11,13,16H2,(H,39,44)(H,41,46)(H,42,45)/t18-,24?,25?/m0/s1. The van der Waals surface area contributed by atoms with E-state index < -0.39 is 77.0 Å². The maximum Gasteiger partial charge on any atom is 0.268 e. The Morgan fingerprint density at radius 3 is 2.30 bits per heavy atom. The van der Waals surface area contributed by atoms with Crippen molar-refractivity contribution in [3.05, 3.63) is 101 Å².